The second-order valence-electron chi connectivity index (χ2n) is 5.02. The van der Waals surface area contributed by atoms with Crippen LogP contribution in [0.15, 0.2) is 28.8 Å². The van der Waals surface area contributed by atoms with Gasteiger partial charge in [0.25, 0.3) is 0 Å². The number of Topliss-reactive ketones (excluding diaryl/α,β-unsaturated/α-hetero) is 1. The summed E-state index contributed by atoms with van der Waals surface area (Å²) in [6.45, 7) is 0. The highest BCUT2D eigenvalue weighted by molar-refractivity contribution is 7.86. The van der Waals surface area contributed by atoms with Gasteiger partial charge in [0.2, 0.25) is 11.3 Å². The van der Waals surface area contributed by atoms with Gasteiger partial charge in [0, 0.05) is 6.21 Å². The number of ether oxygens (including phenoxy) is 2. The summed E-state index contributed by atoms with van der Waals surface area (Å²) in [4.78, 5) is 26.3. The number of carbonyl (C=O) groups excluding carboxylic acids is 2. The normalized spacial score (nSPS) is 21.8. The van der Waals surface area contributed by atoms with Gasteiger partial charge in [0.05, 0.1) is 14.2 Å². The van der Waals surface area contributed by atoms with Crippen molar-refractivity contribution in [1.82, 2.24) is 5.32 Å². The molecule has 9 nitrogen and oxygen atoms in total. The summed E-state index contributed by atoms with van der Waals surface area (Å²) in [5.41, 5.74) is -0.858. The number of methoxy groups -OCH3 is 2. The maximum Gasteiger partial charge on any atom is 0.302 e. The summed E-state index contributed by atoms with van der Waals surface area (Å²) in [7, 11) is -1.60. The molecule has 0 saturated carbocycles. The lowest BCUT2D eigenvalue weighted by Gasteiger charge is -2.24. The molecule has 1 aromatic carbocycles. The molecule has 1 aromatic rings. The Bertz CT molecular complexity index is 845. The number of nitrogens with one attached hydrogen (secondary N) is 1. The maximum atomic E-state index is 11.8. The molecule has 0 spiro atoms. The molecule has 0 bridgehead atoms. The summed E-state index contributed by atoms with van der Waals surface area (Å²) < 4.78 is 41.8. The molecule has 134 valence electrons. The summed E-state index contributed by atoms with van der Waals surface area (Å²) in [6.07, 6.45) is 2.72. The molecule has 0 radical (unpaired) electrons. The van der Waals surface area contributed by atoms with E-state index in [4.69, 9.17) is 14.0 Å². The molecular formula is C15H16N2O7S. The highest BCUT2D eigenvalue weighted by Gasteiger charge is 2.33. The smallest absolute Gasteiger partial charge is 0.302 e. The van der Waals surface area contributed by atoms with Crippen molar-refractivity contribution in [2.75, 3.05) is 14.2 Å². The Morgan fingerprint density at radius 3 is 2.52 bits per heavy atom. The van der Waals surface area contributed by atoms with Crippen LogP contribution in [0.4, 0.5) is 0 Å². The van der Waals surface area contributed by atoms with Gasteiger partial charge in [-0.3, -0.25) is 24.5 Å². The van der Waals surface area contributed by atoms with E-state index in [1.165, 1.54) is 20.3 Å². The highest BCUT2D eigenvalue weighted by atomic mass is 32.2. The van der Waals surface area contributed by atoms with Gasteiger partial charge in [0.15, 0.2) is 17.8 Å². The van der Waals surface area contributed by atoms with Crippen LogP contribution in [0.3, 0.4) is 0 Å². The van der Waals surface area contributed by atoms with Crippen LogP contribution in [-0.2, 0) is 19.7 Å². The summed E-state index contributed by atoms with van der Waals surface area (Å²) in [5.74, 6) is 0.0604. The lowest BCUT2D eigenvalue weighted by atomic mass is 10.00. The molecule has 0 aliphatic carbocycles. The molecule has 0 amide bonds. The molecule has 2 unspecified atom stereocenters. The fourth-order valence-electron chi connectivity index (χ4n) is 2.24. The minimum atomic E-state index is -4.56. The quantitative estimate of drug-likeness (QED) is 0.410. The Kier molecular flexibility index (Phi) is 5.67. The molecule has 10 heteroatoms. The second-order valence-corrected chi connectivity index (χ2v) is 6.50. The average molecular weight is 368 g/mol. The van der Waals surface area contributed by atoms with E-state index in [0.29, 0.717) is 17.1 Å². The lowest BCUT2D eigenvalue weighted by molar-refractivity contribution is -0.130. The number of aliphatic imine (C=N–C) groups is 1. The van der Waals surface area contributed by atoms with Crippen molar-refractivity contribution in [2.24, 2.45) is 4.99 Å². The fourth-order valence-corrected chi connectivity index (χ4v) is 2.77. The number of carbonyl (C=O) groups is 2. The van der Waals surface area contributed by atoms with Gasteiger partial charge in [-0.05, 0) is 29.3 Å². The predicted octanol–water partition coefficient (Wildman–Crippen LogP) is 0.0692. The number of rotatable bonds is 6. The Balaban J connectivity index is 2.45. The van der Waals surface area contributed by atoms with Crippen molar-refractivity contribution in [3.8, 4) is 11.5 Å². The van der Waals surface area contributed by atoms with Crippen molar-refractivity contribution in [3.63, 3.8) is 0 Å². The van der Waals surface area contributed by atoms with E-state index in [1.807, 2.05) is 0 Å². The first-order valence-corrected chi connectivity index (χ1v) is 8.48. The molecule has 0 fully saturated rings. The molecule has 2 atom stereocenters. The number of hydrogen-bond donors (Lipinski definition) is 2. The van der Waals surface area contributed by atoms with Crippen molar-refractivity contribution in [2.45, 2.75) is 11.5 Å². The monoisotopic (exact) mass is 368 g/mol. The minimum absolute atomic E-state index is 0.0698. The molecule has 0 aromatic heterocycles. The van der Waals surface area contributed by atoms with Crippen molar-refractivity contribution in [3.05, 3.63) is 29.3 Å². The van der Waals surface area contributed by atoms with Crippen LogP contribution in [0.5, 0.6) is 11.5 Å². The minimum Gasteiger partial charge on any atom is -0.493 e. The van der Waals surface area contributed by atoms with E-state index in [2.05, 4.69) is 10.3 Å². The molecule has 2 rings (SSSR count). The van der Waals surface area contributed by atoms with Gasteiger partial charge in [-0.1, -0.05) is 6.07 Å². The third kappa shape index (κ3) is 4.29. The molecule has 2 N–H and O–H groups in total. The first-order valence-electron chi connectivity index (χ1n) is 6.98. The fraction of sp³-hybridized carbons (Fsp3) is 0.267. The zero-order chi connectivity index (χ0) is 18.6. The number of benzene rings is 1. The topological polar surface area (TPSA) is 131 Å². The van der Waals surface area contributed by atoms with E-state index >= 15 is 0 Å². The van der Waals surface area contributed by atoms with Crippen molar-refractivity contribution in [1.29, 1.82) is 0 Å². The van der Waals surface area contributed by atoms with Crippen molar-refractivity contribution < 1.29 is 32.0 Å². The standard InChI is InChI=1S/C15H16N2O7S/c1-23-12-4-3-9(6-13(12)24-2)5-10-7-16-15(25(20,21)22)17-14(10)11(19)8-18/h3-8,14-15,17H,1-2H3,(H,20,21,22). The van der Waals surface area contributed by atoms with Gasteiger partial charge in [-0.25, -0.2) is 0 Å². The van der Waals surface area contributed by atoms with Crippen LogP contribution in [-0.4, -0.2) is 57.0 Å². The van der Waals surface area contributed by atoms with Gasteiger partial charge < -0.3 is 9.47 Å². The molecule has 1 aliphatic rings. The predicted molar refractivity (Wildman–Crippen MR) is 89.3 cm³/mol. The van der Waals surface area contributed by atoms with E-state index in [-0.39, 0.29) is 11.9 Å². The molecule has 1 heterocycles. The van der Waals surface area contributed by atoms with E-state index < -0.39 is 27.4 Å². The van der Waals surface area contributed by atoms with Crippen LogP contribution >= 0.6 is 0 Å². The summed E-state index contributed by atoms with van der Waals surface area (Å²) in [6, 6.07) is 3.71. The number of nitrogens with zero attached hydrogens (tertiary/aromatic N) is 1. The molecule has 25 heavy (non-hydrogen) atoms. The van der Waals surface area contributed by atoms with Crippen LogP contribution in [0.2, 0.25) is 0 Å². The third-order valence-electron chi connectivity index (χ3n) is 3.43. The Hall–Kier alpha value is -2.56. The number of aldehydes is 1. The van der Waals surface area contributed by atoms with E-state index in [1.54, 1.807) is 18.2 Å². The highest BCUT2D eigenvalue weighted by Crippen LogP contribution is 2.28. The molecule has 0 saturated heterocycles. The zero-order valence-corrected chi connectivity index (χ0v) is 14.2. The zero-order valence-electron chi connectivity index (χ0n) is 13.4. The molecular weight excluding hydrogens is 352 g/mol. The SMILES string of the molecule is COc1ccc(C=C2C=NC(S(=O)(=O)O)NC2C(=O)C=O)cc1OC. The third-order valence-corrected chi connectivity index (χ3v) is 4.25. The first-order chi connectivity index (χ1) is 11.8. The first kappa shape index (κ1) is 18.8. The van der Waals surface area contributed by atoms with Crippen LogP contribution in [0.1, 0.15) is 5.56 Å². The Morgan fingerprint density at radius 1 is 1.28 bits per heavy atom. The van der Waals surface area contributed by atoms with Crippen molar-refractivity contribution >= 4 is 34.5 Å². The van der Waals surface area contributed by atoms with E-state index in [0.717, 1.165) is 6.21 Å². The van der Waals surface area contributed by atoms with Crippen LogP contribution < -0.4 is 14.8 Å². The second kappa shape index (κ2) is 7.55. The maximum absolute atomic E-state index is 11.8. The number of ketones is 1. The van der Waals surface area contributed by atoms with E-state index in [9.17, 15) is 18.0 Å². The largest absolute Gasteiger partial charge is 0.493 e. The number of hydrogen-bond acceptors (Lipinski definition) is 8. The average Bonchev–Trinajstić information content (AvgIpc) is 2.60. The summed E-state index contributed by atoms with van der Waals surface area (Å²) >= 11 is 0. The van der Waals surface area contributed by atoms with Crippen LogP contribution in [0, 0.1) is 0 Å². The van der Waals surface area contributed by atoms with Gasteiger partial charge >= 0.3 is 10.1 Å². The Morgan fingerprint density at radius 2 is 1.96 bits per heavy atom. The summed E-state index contributed by atoms with van der Waals surface area (Å²) in [5, 5.41) is 2.32. The Labute approximate surface area is 144 Å². The molecule has 1 aliphatic heterocycles. The lowest BCUT2D eigenvalue weighted by Crippen LogP contribution is -2.50. The van der Waals surface area contributed by atoms with Gasteiger partial charge in [-0.2, -0.15) is 8.42 Å². The van der Waals surface area contributed by atoms with Crippen LogP contribution in [0.25, 0.3) is 6.08 Å². The van der Waals surface area contributed by atoms with Gasteiger partial charge in [0.1, 0.15) is 6.04 Å². The van der Waals surface area contributed by atoms with Gasteiger partial charge in [-0.15, -0.1) is 0 Å².